The van der Waals surface area contributed by atoms with Crippen molar-refractivity contribution in [1.29, 1.82) is 0 Å². The number of Topliss-reactive ketones (excluding diaryl/α,β-unsaturated/α-hetero) is 1. The Morgan fingerprint density at radius 2 is 1.27 bits per heavy atom. The molecule has 0 saturated heterocycles. The van der Waals surface area contributed by atoms with Crippen LogP contribution in [0.5, 0.6) is 0 Å². The van der Waals surface area contributed by atoms with Crippen LogP contribution >= 0.6 is 0 Å². The molecular weight excluding hydrogens is 427 g/mol. The minimum absolute atomic E-state index is 0.184. The Labute approximate surface area is 165 Å². The Morgan fingerprint density at radius 1 is 0.767 bits per heavy atom. The highest BCUT2D eigenvalue weighted by atomic mass is 19.4. The van der Waals surface area contributed by atoms with E-state index >= 15 is 0 Å². The summed E-state index contributed by atoms with van der Waals surface area (Å²) in [6.07, 6.45) is -9.16. The minimum atomic E-state index is -7.00. The highest BCUT2D eigenvalue weighted by molar-refractivity contribution is 6.01. The van der Waals surface area contributed by atoms with Crippen molar-refractivity contribution in [3.8, 4) is 0 Å². The molecule has 0 N–H and O–H groups in total. The molecule has 2 aromatic rings. The molecular formula is C20H15F9O. The molecule has 0 bridgehead atoms. The minimum Gasteiger partial charge on any atom is -0.293 e. The van der Waals surface area contributed by atoms with Crippen LogP contribution in [0.1, 0.15) is 33.8 Å². The third-order valence-electron chi connectivity index (χ3n) is 4.52. The predicted molar refractivity (Wildman–Crippen MR) is 90.2 cm³/mol. The number of ketones is 1. The van der Waals surface area contributed by atoms with Gasteiger partial charge in [0, 0.05) is 12.0 Å². The Morgan fingerprint density at radius 3 is 1.73 bits per heavy atom. The first-order chi connectivity index (χ1) is 13.6. The number of alkyl halides is 9. The molecule has 1 nitrogen and oxygen atoms in total. The van der Waals surface area contributed by atoms with E-state index in [9.17, 15) is 44.3 Å². The smallest absolute Gasteiger partial charge is 0.293 e. The fraction of sp³-hybridized carbons (Fsp3) is 0.350. The molecule has 1 atom stereocenters. The summed E-state index contributed by atoms with van der Waals surface area (Å²) in [6, 6.07) is 11.5. The van der Waals surface area contributed by atoms with Gasteiger partial charge >= 0.3 is 23.9 Å². The summed E-state index contributed by atoms with van der Waals surface area (Å²) >= 11 is 0. The summed E-state index contributed by atoms with van der Waals surface area (Å²) in [4.78, 5) is 12.7. The summed E-state index contributed by atoms with van der Waals surface area (Å²) in [5.41, 5.74) is 0.273. The second-order valence-corrected chi connectivity index (χ2v) is 6.75. The number of hydrogen-bond acceptors (Lipinski definition) is 1. The van der Waals surface area contributed by atoms with Crippen molar-refractivity contribution in [2.45, 2.75) is 43.2 Å². The van der Waals surface area contributed by atoms with E-state index in [0.29, 0.717) is 5.56 Å². The van der Waals surface area contributed by atoms with Crippen LogP contribution in [0, 0.1) is 6.92 Å². The maximum atomic E-state index is 14.2. The number of aryl methyl sites for hydroxylation is 1. The first kappa shape index (κ1) is 23.8. The lowest BCUT2D eigenvalue weighted by Gasteiger charge is -2.35. The van der Waals surface area contributed by atoms with Gasteiger partial charge < -0.3 is 0 Å². The summed E-state index contributed by atoms with van der Waals surface area (Å²) in [5, 5.41) is 0. The van der Waals surface area contributed by atoms with Crippen LogP contribution in [0.4, 0.5) is 39.5 Å². The maximum absolute atomic E-state index is 14.2. The van der Waals surface area contributed by atoms with E-state index < -0.39 is 42.1 Å². The average Bonchev–Trinajstić information content (AvgIpc) is 2.65. The molecule has 0 amide bonds. The largest absolute Gasteiger partial charge is 0.460 e. The monoisotopic (exact) mass is 442 g/mol. The molecule has 0 radical (unpaired) electrons. The van der Waals surface area contributed by atoms with Crippen LogP contribution in [0.15, 0.2) is 54.6 Å². The lowest BCUT2D eigenvalue weighted by molar-refractivity contribution is -0.396. The predicted octanol–water partition coefficient (Wildman–Crippen LogP) is 6.82. The van der Waals surface area contributed by atoms with Crippen molar-refractivity contribution in [2.24, 2.45) is 0 Å². The van der Waals surface area contributed by atoms with Gasteiger partial charge in [0.15, 0.2) is 5.78 Å². The van der Waals surface area contributed by atoms with Crippen LogP contribution in [-0.2, 0) is 0 Å². The fourth-order valence-corrected chi connectivity index (χ4v) is 2.76. The first-order valence-electron chi connectivity index (χ1n) is 8.48. The standard InChI is InChI=1S/C20H15F9O/c1-12-7-9-14(10-8-12)16(30)15(13-5-3-2-4-6-13)11-17(21,22)18(23,24)19(25,26)20(27,28)29/h2-10,15H,11H2,1H3. The van der Waals surface area contributed by atoms with Crippen molar-refractivity contribution in [2.75, 3.05) is 0 Å². The van der Waals surface area contributed by atoms with Crippen molar-refractivity contribution in [1.82, 2.24) is 0 Å². The van der Waals surface area contributed by atoms with Gasteiger partial charge in [-0.15, -0.1) is 0 Å². The molecule has 1 unspecified atom stereocenters. The summed E-state index contributed by atoms with van der Waals surface area (Å²) in [6.45, 7) is 1.65. The van der Waals surface area contributed by atoms with E-state index in [4.69, 9.17) is 0 Å². The van der Waals surface area contributed by atoms with E-state index in [1.54, 1.807) is 6.92 Å². The topological polar surface area (TPSA) is 17.1 Å². The maximum Gasteiger partial charge on any atom is 0.460 e. The van der Waals surface area contributed by atoms with Gasteiger partial charge in [0.25, 0.3) is 0 Å². The molecule has 0 aliphatic heterocycles. The van der Waals surface area contributed by atoms with E-state index in [-0.39, 0.29) is 11.1 Å². The fourth-order valence-electron chi connectivity index (χ4n) is 2.76. The molecule has 2 aromatic carbocycles. The number of carbonyl (C=O) groups is 1. The Kier molecular flexibility index (Phi) is 6.30. The van der Waals surface area contributed by atoms with E-state index in [0.717, 1.165) is 12.1 Å². The first-order valence-corrected chi connectivity index (χ1v) is 8.48. The molecule has 0 saturated carbocycles. The Bertz CT molecular complexity index is 871. The van der Waals surface area contributed by atoms with Crippen LogP contribution in [-0.4, -0.2) is 29.7 Å². The lowest BCUT2D eigenvalue weighted by atomic mass is 9.83. The molecule has 10 heteroatoms. The number of carbonyl (C=O) groups excluding carboxylic acids is 1. The molecule has 164 valence electrons. The highest BCUT2D eigenvalue weighted by Crippen LogP contribution is 2.55. The summed E-state index contributed by atoms with van der Waals surface area (Å²) < 4.78 is 119. The van der Waals surface area contributed by atoms with E-state index in [1.165, 1.54) is 42.5 Å². The zero-order chi connectivity index (χ0) is 23.0. The summed E-state index contributed by atoms with van der Waals surface area (Å²) in [7, 11) is 0. The Balaban J connectivity index is 2.50. The van der Waals surface area contributed by atoms with Crippen molar-refractivity contribution < 1.29 is 44.3 Å². The van der Waals surface area contributed by atoms with Gasteiger partial charge in [0.1, 0.15) is 0 Å². The van der Waals surface area contributed by atoms with Gasteiger partial charge in [-0.2, -0.15) is 39.5 Å². The van der Waals surface area contributed by atoms with Gasteiger partial charge in [-0.05, 0) is 12.5 Å². The third kappa shape index (κ3) is 4.32. The lowest BCUT2D eigenvalue weighted by Crippen LogP contribution is -2.61. The van der Waals surface area contributed by atoms with Crippen LogP contribution in [0.2, 0.25) is 0 Å². The SMILES string of the molecule is Cc1ccc(C(=O)C(CC(F)(F)C(F)(F)C(F)(F)C(F)(F)F)c2ccccc2)cc1. The number of halogens is 9. The van der Waals surface area contributed by atoms with Crippen LogP contribution in [0.25, 0.3) is 0 Å². The average molecular weight is 442 g/mol. The zero-order valence-corrected chi connectivity index (χ0v) is 15.3. The Hall–Kier alpha value is -2.52. The molecule has 0 aromatic heterocycles. The summed E-state index contributed by atoms with van der Waals surface area (Å²) in [5.74, 6) is -22.8. The molecule has 0 heterocycles. The molecule has 30 heavy (non-hydrogen) atoms. The number of benzene rings is 2. The van der Waals surface area contributed by atoms with Crippen molar-refractivity contribution in [3.05, 3.63) is 71.3 Å². The normalized spacial score (nSPS) is 14.5. The molecule has 0 aliphatic carbocycles. The van der Waals surface area contributed by atoms with Gasteiger partial charge in [-0.1, -0.05) is 60.2 Å². The van der Waals surface area contributed by atoms with Gasteiger partial charge in [0.2, 0.25) is 0 Å². The van der Waals surface area contributed by atoms with Crippen LogP contribution in [0.3, 0.4) is 0 Å². The molecule has 0 aliphatic rings. The van der Waals surface area contributed by atoms with Crippen molar-refractivity contribution >= 4 is 5.78 Å². The van der Waals surface area contributed by atoms with Crippen LogP contribution < -0.4 is 0 Å². The molecule has 2 rings (SSSR count). The van der Waals surface area contributed by atoms with Gasteiger partial charge in [-0.3, -0.25) is 4.79 Å². The second kappa shape index (κ2) is 7.96. The van der Waals surface area contributed by atoms with E-state index in [2.05, 4.69) is 0 Å². The number of rotatable bonds is 7. The zero-order valence-electron chi connectivity index (χ0n) is 15.3. The molecule has 0 spiro atoms. The van der Waals surface area contributed by atoms with E-state index in [1.807, 2.05) is 0 Å². The van der Waals surface area contributed by atoms with Gasteiger partial charge in [-0.25, -0.2) is 0 Å². The number of hydrogen-bond donors (Lipinski definition) is 0. The highest BCUT2D eigenvalue weighted by Gasteiger charge is 2.81. The van der Waals surface area contributed by atoms with Gasteiger partial charge in [0.05, 0.1) is 5.92 Å². The van der Waals surface area contributed by atoms with Crippen molar-refractivity contribution in [3.63, 3.8) is 0 Å². The molecule has 0 fully saturated rings. The third-order valence-corrected chi connectivity index (χ3v) is 4.52. The quantitative estimate of drug-likeness (QED) is 0.340. The second-order valence-electron chi connectivity index (χ2n) is 6.75.